The van der Waals surface area contributed by atoms with E-state index in [4.69, 9.17) is 5.73 Å². The average Bonchev–Trinajstić information content (AvgIpc) is 2.19. The fraction of sp³-hybridized carbons (Fsp3) is 0.615. The Kier molecular flexibility index (Phi) is 4.30. The van der Waals surface area contributed by atoms with Crippen LogP contribution >= 0.6 is 0 Å². The quantitative estimate of drug-likeness (QED) is 0.822. The molecule has 0 saturated heterocycles. The first kappa shape index (κ1) is 13.0. The normalized spacial score (nSPS) is 13.8. The minimum atomic E-state index is -0.259. The second-order valence-corrected chi connectivity index (χ2v) is 5.32. The Morgan fingerprint density at radius 2 is 2.12 bits per heavy atom. The van der Waals surface area contributed by atoms with Crippen LogP contribution in [0.4, 0.5) is 5.82 Å². The zero-order chi connectivity index (χ0) is 12.2. The Hall–Kier alpha value is -1.09. The third-order valence-corrected chi connectivity index (χ3v) is 2.85. The highest BCUT2D eigenvalue weighted by Gasteiger charge is 2.21. The van der Waals surface area contributed by atoms with Gasteiger partial charge < -0.3 is 10.8 Å². The molecule has 1 heterocycles. The molecular formula is C13H22N2O. The number of anilines is 1. The molecule has 1 unspecified atom stereocenters. The van der Waals surface area contributed by atoms with E-state index in [0.717, 1.165) is 24.8 Å². The predicted molar refractivity (Wildman–Crippen MR) is 67.0 cm³/mol. The molecule has 0 aliphatic carbocycles. The van der Waals surface area contributed by atoms with Gasteiger partial charge in [0.05, 0.1) is 6.10 Å². The van der Waals surface area contributed by atoms with Crippen LogP contribution in [0.1, 0.15) is 39.2 Å². The van der Waals surface area contributed by atoms with Gasteiger partial charge in [0.15, 0.2) is 0 Å². The van der Waals surface area contributed by atoms with E-state index in [1.54, 1.807) is 6.20 Å². The van der Waals surface area contributed by atoms with Gasteiger partial charge in [-0.15, -0.1) is 0 Å². The van der Waals surface area contributed by atoms with Gasteiger partial charge in [0.25, 0.3) is 0 Å². The fourth-order valence-corrected chi connectivity index (χ4v) is 1.58. The van der Waals surface area contributed by atoms with Gasteiger partial charge in [-0.25, -0.2) is 4.98 Å². The van der Waals surface area contributed by atoms with Crippen molar-refractivity contribution in [3.05, 3.63) is 23.9 Å². The molecule has 0 amide bonds. The van der Waals surface area contributed by atoms with Gasteiger partial charge in [-0.3, -0.25) is 0 Å². The van der Waals surface area contributed by atoms with Gasteiger partial charge in [-0.1, -0.05) is 26.8 Å². The topological polar surface area (TPSA) is 59.1 Å². The number of hydrogen-bond donors (Lipinski definition) is 2. The maximum Gasteiger partial charge on any atom is 0.126 e. The lowest BCUT2D eigenvalue weighted by Crippen LogP contribution is -2.25. The number of rotatable bonds is 4. The third kappa shape index (κ3) is 3.81. The van der Waals surface area contributed by atoms with E-state index >= 15 is 0 Å². The fourth-order valence-electron chi connectivity index (χ4n) is 1.58. The second-order valence-electron chi connectivity index (χ2n) is 5.32. The Labute approximate surface area is 97.7 Å². The highest BCUT2D eigenvalue weighted by atomic mass is 16.3. The van der Waals surface area contributed by atoms with Crippen molar-refractivity contribution < 1.29 is 5.11 Å². The van der Waals surface area contributed by atoms with E-state index in [1.165, 1.54) is 0 Å². The molecule has 1 rings (SSSR count). The summed E-state index contributed by atoms with van der Waals surface area (Å²) in [5.74, 6) is 0.604. The Bertz CT molecular complexity index is 331. The first-order valence-electron chi connectivity index (χ1n) is 5.78. The van der Waals surface area contributed by atoms with Crippen LogP contribution in [-0.2, 0) is 6.42 Å². The first-order chi connectivity index (χ1) is 7.41. The molecule has 0 spiro atoms. The predicted octanol–water partition coefficient (Wildman–Crippen LogP) is 2.39. The second kappa shape index (κ2) is 5.30. The summed E-state index contributed by atoms with van der Waals surface area (Å²) in [5.41, 5.74) is 6.78. The molecule has 0 bridgehead atoms. The Morgan fingerprint density at radius 3 is 2.69 bits per heavy atom. The summed E-state index contributed by atoms with van der Waals surface area (Å²) >= 11 is 0. The summed E-state index contributed by atoms with van der Waals surface area (Å²) in [6, 6.07) is 3.89. The highest BCUT2D eigenvalue weighted by molar-refractivity contribution is 5.38. The van der Waals surface area contributed by atoms with Crippen LogP contribution in [0.5, 0.6) is 0 Å². The molecule has 0 fully saturated rings. The molecule has 0 radical (unpaired) electrons. The van der Waals surface area contributed by atoms with Crippen molar-refractivity contribution in [1.29, 1.82) is 0 Å². The molecule has 1 aromatic rings. The monoisotopic (exact) mass is 222 g/mol. The Morgan fingerprint density at radius 1 is 1.44 bits per heavy atom. The van der Waals surface area contributed by atoms with Gasteiger partial charge >= 0.3 is 0 Å². The van der Waals surface area contributed by atoms with Crippen molar-refractivity contribution in [3.63, 3.8) is 0 Å². The molecular weight excluding hydrogens is 200 g/mol. The molecule has 0 aliphatic heterocycles. The first-order valence-corrected chi connectivity index (χ1v) is 5.78. The van der Waals surface area contributed by atoms with Crippen LogP contribution in [0, 0.1) is 5.41 Å². The number of aromatic nitrogens is 1. The smallest absolute Gasteiger partial charge is 0.126 e. The number of hydrogen-bond acceptors (Lipinski definition) is 3. The number of aliphatic hydroxyl groups excluding tert-OH is 1. The van der Waals surface area contributed by atoms with Crippen molar-refractivity contribution >= 4 is 5.82 Å². The third-order valence-electron chi connectivity index (χ3n) is 2.85. The summed E-state index contributed by atoms with van der Waals surface area (Å²) in [6.07, 6.45) is 4.06. The van der Waals surface area contributed by atoms with E-state index in [0.29, 0.717) is 5.82 Å². The largest absolute Gasteiger partial charge is 0.393 e. The van der Waals surface area contributed by atoms with Gasteiger partial charge in [0.2, 0.25) is 0 Å². The number of nitrogens with two attached hydrogens (primary N) is 1. The zero-order valence-electron chi connectivity index (χ0n) is 10.4. The minimum Gasteiger partial charge on any atom is -0.393 e. The lowest BCUT2D eigenvalue weighted by atomic mass is 9.86. The maximum atomic E-state index is 9.89. The summed E-state index contributed by atoms with van der Waals surface area (Å²) < 4.78 is 0. The molecule has 1 atom stereocenters. The lowest BCUT2D eigenvalue weighted by molar-refractivity contribution is 0.0540. The van der Waals surface area contributed by atoms with Crippen molar-refractivity contribution in [2.75, 3.05) is 5.73 Å². The molecule has 3 N–H and O–H groups in total. The summed E-state index contributed by atoms with van der Waals surface area (Å²) in [6.45, 7) is 6.16. The van der Waals surface area contributed by atoms with Crippen LogP contribution in [0.3, 0.4) is 0 Å². The molecule has 0 aromatic carbocycles. The molecule has 3 nitrogen and oxygen atoms in total. The minimum absolute atomic E-state index is 0.0412. The lowest BCUT2D eigenvalue weighted by Gasteiger charge is -2.25. The van der Waals surface area contributed by atoms with E-state index in [2.05, 4.69) is 25.8 Å². The summed E-state index contributed by atoms with van der Waals surface area (Å²) in [4.78, 5) is 4.04. The standard InChI is InChI=1S/C13H22N2O/c1-13(2,3)11(16)8-4-6-10-7-5-9-15-12(10)14/h5,7,9,11,16H,4,6,8H2,1-3H3,(H2,14,15). The summed E-state index contributed by atoms with van der Waals surface area (Å²) in [7, 11) is 0. The van der Waals surface area contributed by atoms with Crippen LogP contribution in [-0.4, -0.2) is 16.2 Å². The van der Waals surface area contributed by atoms with Gasteiger partial charge in [0.1, 0.15) is 5.82 Å². The number of aliphatic hydroxyl groups is 1. The van der Waals surface area contributed by atoms with Gasteiger partial charge in [-0.2, -0.15) is 0 Å². The Balaban J connectivity index is 2.40. The number of pyridine rings is 1. The van der Waals surface area contributed by atoms with Crippen LogP contribution in [0.2, 0.25) is 0 Å². The molecule has 3 heteroatoms. The van der Waals surface area contributed by atoms with Crippen LogP contribution < -0.4 is 5.73 Å². The average molecular weight is 222 g/mol. The van der Waals surface area contributed by atoms with Crippen molar-refractivity contribution in [2.45, 2.75) is 46.1 Å². The molecule has 0 saturated carbocycles. The maximum absolute atomic E-state index is 9.89. The van der Waals surface area contributed by atoms with Crippen molar-refractivity contribution in [1.82, 2.24) is 4.98 Å². The van der Waals surface area contributed by atoms with Gasteiger partial charge in [-0.05, 0) is 36.3 Å². The number of nitrogens with zero attached hydrogens (tertiary/aromatic N) is 1. The molecule has 90 valence electrons. The number of nitrogen functional groups attached to an aromatic ring is 1. The van der Waals surface area contributed by atoms with E-state index < -0.39 is 0 Å². The van der Waals surface area contributed by atoms with Crippen LogP contribution in [0.15, 0.2) is 18.3 Å². The van der Waals surface area contributed by atoms with E-state index in [9.17, 15) is 5.11 Å². The SMILES string of the molecule is CC(C)(C)C(O)CCCc1cccnc1N. The highest BCUT2D eigenvalue weighted by Crippen LogP contribution is 2.23. The molecule has 0 aliphatic rings. The summed E-state index contributed by atoms with van der Waals surface area (Å²) in [5, 5.41) is 9.89. The van der Waals surface area contributed by atoms with E-state index in [-0.39, 0.29) is 11.5 Å². The van der Waals surface area contributed by atoms with E-state index in [1.807, 2.05) is 12.1 Å². The van der Waals surface area contributed by atoms with Crippen molar-refractivity contribution in [3.8, 4) is 0 Å². The molecule has 16 heavy (non-hydrogen) atoms. The van der Waals surface area contributed by atoms with Crippen molar-refractivity contribution in [2.24, 2.45) is 5.41 Å². The molecule has 1 aromatic heterocycles. The van der Waals surface area contributed by atoms with Crippen LogP contribution in [0.25, 0.3) is 0 Å². The zero-order valence-corrected chi connectivity index (χ0v) is 10.4. The van der Waals surface area contributed by atoms with Gasteiger partial charge in [0, 0.05) is 6.20 Å². The number of aryl methyl sites for hydroxylation is 1.